The number of nitrogens with one attached hydrogen (secondary N) is 2. The van der Waals surface area contributed by atoms with Crippen LogP contribution in [0.1, 0.15) is 27.0 Å². The molecule has 0 unspecified atom stereocenters. The van der Waals surface area contributed by atoms with Gasteiger partial charge in [-0.15, -0.1) is 0 Å². The molecule has 0 saturated carbocycles. The van der Waals surface area contributed by atoms with E-state index in [1.807, 2.05) is 12.1 Å². The van der Waals surface area contributed by atoms with E-state index in [9.17, 15) is 14.9 Å². The van der Waals surface area contributed by atoms with Gasteiger partial charge in [-0.05, 0) is 57.9 Å². The van der Waals surface area contributed by atoms with E-state index in [4.69, 9.17) is 9.47 Å². The van der Waals surface area contributed by atoms with Gasteiger partial charge in [-0.25, -0.2) is 5.43 Å². The van der Waals surface area contributed by atoms with Crippen LogP contribution in [0.5, 0.6) is 11.5 Å². The Morgan fingerprint density at radius 2 is 1.85 bits per heavy atom. The first-order valence-corrected chi connectivity index (χ1v) is 10.9. The van der Waals surface area contributed by atoms with Crippen molar-refractivity contribution in [1.82, 2.24) is 10.7 Å². The van der Waals surface area contributed by atoms with Crippen molar-refractivity contribution in [2.24, 2.45) is 5.10 Å². The molecule has 2 N–H and O–H groups in total. The summed E-state index contributed by atoms with van der Waals surface area (Å²) in [5.74, 6) is 0.127. The number of hydrogen-bond acceptors (Lipinski definition) is 6. The van der Waals surface area contributed by atoms with Gasteiger partial charge in [0.05, 0.1) is 41.5 Å². The molecule has 3 rings (SSSR count). The molecule has 0 heterocycles. The van der Waals surface area contributed by atoms with E-state index in [1.165, 1.54) is 13.3 Å². The lowest BCUT2D eigenvalue weighted by Crippen LogP contribution is -2.35. The molecule has 0 atom stereocenters. The standard InChI is InChI=1S/C25H21BrN4O4/c1-33-22-9-5-4-8-20(22)25(32)28-15-24(31)30-29-14-17-10-11-23(21(26)12-17)34-16-19-7-3-2-6-18(19)13-27/h2-12,14H,15-16H2,1H3,(H,28,32)(H,30,31). The van der Waals surface area contributed by atoms with Gasteiger partial charge in [-0.2, -0.15) is 10.4 Å². The molecule has 0 spiro atoms. The summed E-state index contributed by atoms with van der Waals surface area (Å²) in [6.45, 7) is 0.0151. The molecule has 0 bridgehead atoms. The highest BCUT2D eigenvalue weighted by atomic mass is 79.9. The number of carbonyl (C=O) groups excluding carboxylic acids is 2. The van der Waals surface area contributed by atoms with Gasteiger partial charge in [0, 0.05) is 5.56 Å². The van der Waals surface area contributed by atoms with Crippen LogP contribution in [0.3, 0.4) is 0 Å². The minimum Gasteiger partial charge on any atom is -0.496 e. The molecule has 0 aliphatic heterocycles. The van der Waals surface area contributed by atoms with Crippen LogP contribution in [0.25, 0.3) is 0 Å². The lowest BCUT2D eigenvalue weighted by atomic mass is 10.1. The first-order chi connectivity index (χ1) is 16.5. The van der Waals surface area contributed by atoms with Crippen LogP contribution in [-0.4, -0.2) is 31.7 Å². The smallest absolute Gasteiger partial charge is 0.259 e. The molecule has 172 valence electrons. The number of hydrogen-bond donors (Lipinski definition) is 2. The number of ether oxygens (including phenoxy) is 2. The molecule has 0 aliphatic rings. The molecule has 2 amide bonds. The maximum Gasteiger partial charge on any atom is 0.259 e. The Labute approximate surface area is 205 Å². The molecule has 9 heteroatoms. The number of amides is 2. The molecule has 0 saturated heterocycles. The molecule has 0 fully saturated rings. The third-order valence-corrected chi connectivity index (χ3v) is 5.26. The number of methoxy groups -OCH3 is 1. The predicted octanol–water partition coefficient (Wildman–Crippen LogP) is 3.79. The Kier molecular flexibility index (Phi) is 8.77. The zero-order chi connectivity index (χ0) is 24.3. The zero-order valence-corrected chi connectivity index (χ0v) is 19.8. The van der Waals surface area contributed by atoms with Gasteiger partial charge in [0.2, 0.25) is 0 Å². The molecule has 0 aliphatic carbocycles. The first kappa shape index (κ1) is 24.5. The number of benzene rings is 3. The van der Waals surface area contributed by atoms with E-state index < -0.39 is 11.8 Å². The summed E-state index contributed by atoms with van der Waals surface area (Å²) in [6.07, 6.45) is 1.47. The Balaban J connectivity index is 1.50. The van der Waals surface area contributed by atoms with E-state index in [0.717, 1.165) is 11.1 Å². The quantitative estimate of drug-likeness (QED) is 0.329. The fourth-order valence-electron chi connectivity index (χ4n) is 2.93. The van der Waals surface area contributed by atoms with Gasteiger partial charge in [0.1, 0.15) is 18.1 Å². The number of para-hydroxylation sites is 1. The van der Waals surface area contributed by atoms with Crippen molar-refractivity contribution in [1.29, 1.82) is 5.26 Å². The van der Waals surface area contributed by atoms with Crippen molar-refractivity contribution < 1.29 is 19.1 Å². The molecule has 0 radical (unpaired) electrons. The molecular weight excluding hydrogens is 500 g/mol. The van der Waals surface area contributed by atoms with Gasteiger partial charge in [-0.1, -0.05) is 30.3 Å². The Morgan fingerprint density at radius 3 is 2.62 bits per heavy atom. The highest BCUT2D eigenvalue weighted by Crippen LogP contribution is 2.26. The Bertz CT molecular complexity index is 1250. The second-order valence-electron chi connectivity index (χ2n) is 6.92. The summed E-state index contributed by atoms with van der Waals surface area (Å²) < 4.78 is 11.6. The van der Waals surface area contributed by atoms with Crippen LogP contribution in [0.2, 0.25) is 0 Å². The van der Waals surface area contributed by atoms with E-state index in [1.54, 1.807) is 54.6 Å². The minimum absolute atomic E-state index is 0.241. The normalized spacial score (nSPS) is 10.4. The zero-order valence-electron chi connectivity index (χ0n) is 18.2. The highest BCUT2D eigenvalue weighted by Gasteiger charge is 2.12. The van der Waals surface area contributed by atoms with Gasteiger partial charge in [0.25, 0.3) is 11.8 Å². The topological polar surface area (TPSA) is 113 Å². The predicted molar refractivity (Wildman–Crippen MR) is 131 cm³/mol. The number of rotatable bonds is 9. The number of carbonyl (C=O) groups is 2. The monoisotopic (exact) mass is 520 g/mol. The third kappa shape index (κ3) is 6.67. The summed E-state index contributed by atoms with van der Waals surface area (Å²) in [4.78, 5) is 24.2. The second kappa shape index (κ2) is 12.2. The number of nitriles is 1. The lowest BCUT2D eigenvalue weighted by molar-refractivity contribution is -0.120. The molecular formula is C25H21BrN4O4. The number of halogens is 1. The van der Waals surface area contributed by atoms with Gasteiger partial charge in [0.15, 0.2) is 0 Å². The van der Waals surface area contributed by atoms with Crippen LogP contribution in [0.4, 0.5) is 0 Å². The molecule has 3 aromatic carbocycles. The van der Waals surface area contributed by atoms with Crippen molar-refractivity contribution in [3.63, 3.8) is 0 Å². The van der Waals surface area contributed by atoms with Gasteiger partial charge >= 0.3 is 0 Å². The van der Waals surface area contributed by atoms with Crippen molar-refractivity contribution in [3.05, 3.63) is 93.5 Å². The van der Waals surface area contributed by atoms with Crippen LogP contribution in [0.15, 0.2) is 76.3 Å². The third-order valence-electron chi connectivity index (χ3n) is 4.64. The molecule has 3 aromatic rings. The maximum atomic E-state index is 12.2. The van der Waals surface area contributed by atoms with Crippen LogP contribution >= 0.6 is 15.9 Å². The van der Waals surface area contributed by atoms with Crippen LogP contribution in [-0.2, 0) is 11.4 Å². The first-order valence-electron chi connectivity index (χ1n) is 10.1. The van der Waals surface area contributed by atoms with E-state index >= 15 is 0 Å². The number of hydrazone groups is 1. The molecule has 8 nitrogen and oxygen atoms in total. The summed E-state index contributed by atoms with van der Waals surface area (Å²) in [5, 5.41) is 15.6. The summed E-state index contributed by atoms with van der Waals surface area (Å²) in [6, 6.07) is 21.4. The minimum atomic E-state index is -0.477. The lowest BCUT2D eigenvalue weighted by Gasteiger charge is -2.10. The summed E-state index contributed by atoms with van der Waals surface area (Å²) >= 11 is 3.46. The van der Waals surface area contributed by atoms with Crippen molar-refractivity contribution in [2.75, 3.05) is 13.7 Å². The van der Waals surface area contributed by atoms with E-state index in [2.05, 4.69) is 37.8 Å². The van der Waals surface area contributed by atoms with Crippen molar-refractivity contribution >= 4 is 34.0 Å². The second-order valence-corrected chi connectivity index (χ2v) is 7.78. The maximum absolute atomic E-state index is 12.2. The average molecular weight is 521 g/mol. The van der Waals surface area contributed by atoms with Gasteiger partial charge < -0.3 is 14.8 Å². The van der Waals surface area contributed by atoms with Crippen LogP contribution < -0.4 is 20.2 Å². The molecule has 0 aromatic heterocycles. The highest BCUT2D eigenvalue weighted by molar-refractivity contribution is 9.10. The SMILES string of the molecule is COc1ccccc1C(=O)NCC(=O)NN=Cc1ccc(OCc2ccccc2C#N)c(Br)c1. The van der Waals surface area contributed by atoms with E-state index in [-0.39, 0.29) is 13.2 Å². The number of nitrogens with zero attached hydrogens (tertiary/aromatic N) is 2. The average Bonchev–Trinajstić information content (AvgIpc) is 2.86. The molecule has 34 heavy (non-hydrogen) atoms. The summed E-state index contributed by atoms with van der Waals surface area (Å²) in [7, 11) is 1.47. The van der Waals surface area contributed by atoms with Crippen molar-refractivity contribution in [3.8, 4) is 17.6 Å². The largest absolute Gasteiger partial charge is 0.496 e. The fraction of sp³-hybridized carbons (Fsp3) is 0.120. The van der Waals surface area contributed by atoms with E-state index in [0.29, 0.717) is 27.1 Å². The van der Waals surface area contributed by atoms with Gasteiger partial charge in [-0.3, -0.25) is 9.59 Å². The van der Waals surface area contributed by atoms with Crippen LogP contribution in [0, 0.1) is 11.3 Å². The Morgan fingerprint density at radius 1 is 1.09 bits per heavy atom. The fourth-order valence-corrected chi connectivity index (χ4v) is 3.44. The Hall–Kier alpha value is -4.16. The summed E-state index contributed by atoms with van der Waals surface area (Å²) in [5.41, 5.74) is 4.78. The van der Waals surface area contributed by atoms with Crippen molar-refractivity contribution in [2.45, 2.75) is 6.61 Å².